The first-order valence-corrected chi connectivity index (χ1v) is 14.2. The molecule has 0 aliphatic rings. The summed E-state index contributed by atoms with van der Waals surface area (Å²) >= 11 is 3.16. The molecule has 0 spiro atoms. The molecular formula is C26H32BrFN4O4S. The number of hydrogen-bond donors (Lipinski definition) is 0. The summed E-state index contributed by atoms with van der Waals surface area (Å²) in [5.41, 5.74) is 2.99. The molecule has 0 fully saturated rings. The number of aromatic nitrogens is 3. The lowest BCUT2D eigenvalue weighted by Gasteiger charge is -2.30. The Labute approximate surface area is 226 Å². The number of carbonyl (C=O) groups excluding carboxylic acids is 1. The zero-order chi connectivity index (χ0) is 27.2. The maximum Gasteiger partial charge on any atom is 0.324 e. The number of halogens is 2. The van der Waals surface area contributed by atoms with Crippen molar-refractivity contribution in [1.29, 1.82) is 0 Å². The zero-order valence-corrected chi connectivity index (χ0v) is 23.8. The molecule has 0 N–H and O–H groups in total. The summed E-state index contributed by atoms with van der Waals surface area (Å²) in [4.78, 5) is 12.6. The van der Waals surface area contributed by atoms with Crippen LogP contribution in [0.5, 0.6) is 0 Å². The SMILES string of the molecule is COC(=O)[C@H](CC(C)C)N(CCCc1cn(Cc2ccc(C)cc2)nn1)S(=O)(=O)c1ccc(F)cc1Br. The van der Waals surface area contributed by atoms with Gasteiger partial charge >= 0.3 is 5.97 Å². The Hall–Kier alpha value is -2.63. The first-order chi connectivity index (χ1) is 17.5. The molecule has 0 saturated carbocycles. The van der Waals surface area contributed by atoms with Crippen LogP contribution in [0.15, 0.2) is 58.0 Å². The van der Waals surface area contributed by atoms with Gasteiger partial charge in [-0.15, -0.1) is 5.10 Å². The molecule has 0 aliphatic heterocycles. The Balaban J connectivity index is 1.80. The van der Waals surface area contributed by atoms with E-state index in [0.717, 1.165) is 22.0 Å². The summed E-state index contributed by atoms with van der Waals surface area (Å²) in [7, 11) is -2.93. The molecule has 0 amide bonds. The highest BCUT2D eigenvalue weighted by molar-refractivity contribution is 9.10. The van der Waals surface area contributed by atoms with E-state index >= 15 is 0 Å². The van der Waals surface area contributed by atoms with Crippen molar-refractivity contribution in [1.82, 2.24) is 19.3 Å². The van der Waals surface area contributed by atoms with Crippen molar-refractivity contribution in [3.05, 3.63) is 75.8 Å². The van der Waals surface area contributed by atoms with Crippen LogP contribution in [-0.4, -0.2) is 53.4 Å². The second kappa shape index (κ2) is 12.7. The van der Waals surface area contributed by atoms with Crippen molar-refractivity contribution in [2.75, 3.05) is 13.7 Å². The Kier molecular flexibility index (Phi) is 9.97. The molecule has 8 nitrogen and oxygen atoms in total. The number of aryl methyl sites for hydroxylation is 2. The molecule has 0 bridgehead atoms. The lowest BCUT2D eigenvalue weighted by atomic mass is 10.0. The van der Waals surface area contributed by atoms with Crippen molar-refractivity contribution in [3.63, 3.8) is 0 Å². The normalized spacial score (nSPS) is 12.8. The van der Waals surface area contributed by atoms with Gasteiger partial charge in [-0.2, -0.15) is 4.31 Å². The van der Waals surface area contributed by atoms with E-state index in [1.165, 1.54) is 18.7 Å². The Morgan fingerprint density at radius 1 is 1.19 bits per heavy atom. The zero-order valence-electron chi connectivity index (χ0n) is 21.4. The summed E-state index contributed by atoms with van der Waals surface area (Å²) in [5, 5.41) is 8.40. The second-order valence-electron chi connectivity index (χ2n) is 9.36. The minimum Gasteiger partial charge on any atom is -0.468 e. The summed E-state index contributed by atoms with van der Waals surface area (Å²) < 4.78 is 49.0. The number of benzene rings is 2. The van der Waals surface area contributed by atoms with Crippen LogP contribution in [0.25, 0.3) is 0 Å². The van der Waals surface area contributed by atoms with Gasteiger partial charge in [0.2, 0.25) is 10.0 Å². The quantitative estimate of drug-likeness (QED) is 0.281. The van der Waals surface area contributed by atoms with Crippen LogP contribution in [0.2, 0.25) is 0 Å². The lowest BCUT2D eigenvalue weighted by molar-refractivity contribution is -0.145. The summed E-state index contributed by atoms with van der Waals surface area (Å²) in [5.74, 6) is -1.18. The standard InChI is InChI=1S/C26H32BrFN4O4S/c1-18(2)14-24(26(33)36-4)32(37(34,35)25-12-11-21(28)15-23(25)27)13-5-6-22-17-31(30-29-22)16-20-9-7-19(3)8-10-20/h7-12,15,17-18,24H,5-6,13-14,16H2,1-4H3/t24-/m0/s1. The first-order valence-electron chi connectivity index (χ1n) is 12.0. The van der Waals surface area contributed by atoms with Gasteiger partial charge in [0.05, 0.1) is 24.2 Å². The van der Waals surface area contributed by atoms with Gasteiger partial charge in [-0.05, 0) is 71.8 Å². The number of methoxy groups -OCH3 is 1. The minimum atomic E-state index is -4.16. The van der Waals surface area contributed by atoms with Crippen molar-refractivity contribution in [2.24, 2.45) is 5.92 Å². The van der Waals surface area contributed by atoms with E-state index in [4.69, 9.17) is 4.74 Å². The van der Waals surface area contributed by atoms with Gasteiger partial charge in [-0.1, -0.05) is 48.9 Å². The monoisotopic (exact) mass is 594 g/mol. The number of sulfonamides is 1. The van der Waals surface area contributed by atoms with E-state index in [1.807, 2.05) is 51.2 Å². The highest BCUT2D eigenvalue weighted by Crippen LogP contribution is 2.29. The number of carbonyl (C=O) groups is 1. The third kappa shape index (κ3) is 7.68. The van der Waals surface area contributed by atoms with Gasteiger partial charge in [-0.25, -0.2) is 17.5 Å². The number of esters is 1. The van der Waals surface area contributed by atoms with Gasteiger partial charge in [-0.3, -0.25) is 4.79 Å². The highest BCUT2D eigenvalue weighted by Gasteiger charge is 2.37. The van der Waals surface area contributed by atoms with Crippen molar-refractivity contribution < 1.29 is 22.3 Å². The average Bonchev–Trinajstić information content (AvgIpc) is 3.28. The van der Waals surface area contributed by atoms with E-state index in [9.17, 15) is 17.6 Å². The Morgan fingerprint density at radius 2 is 1.89 bits per heavy atom. The maximum absolute atomic E-state index is 13.7. The van der Waals surface area contributed by atoms with E-state index in [2.05, 4.69) is 26.2 Å². The van der Waals surface area contributed by atoms with Gasteiger partial charge in [0, 0.05) is 17.2 Å². The molecule has 0 unspecified atom stereocenters. The fourth-order valence-corrected chi connectivity index (χ4v) is 6.63. The fourth-order valence-electron chi connectivity index (χ4n) is 4.00. The summed E-state index contributed by atoms with van der Waals surface area (Å²) in [6, 6.07) is 10.5. The van der Waals surface area contributed by atoms with E-state index in [-0.39, 0.29) is 28.3 Å². The first kappa shape index (κ1) is 28.9. The van der Waals surface area contributed by atoms with Crippen LogP contribution in [0, 0.1) is 18.7 Å². The number of hydrogen-bond acceptors (Lipinski definition) is 6. The largest absolute Gasteiger partial charge is 0.468 e. The Morgan fingerprint density at radius 3 is 2.51 bits per heavy atom. The average molecular weight is 596 g/mol. The predicted molar refractivity (Wildman–Crippen MR) is 142 cm³/mol. The molecule has 1 heterocycles. The topological polar surface area (TPSA) is 94.4 Å². The van der Waals surface area contributed by atoms with Gasteiger partial charge in [0.25, 0.3) is 0 Å². The van der Waals surface area contributed by atoms with Gasteiger partial charge in [0.1, 0.15) is 11.9 Å². The van der Waals surface area contributed by atoms with Crippen LogP contribution in [-0.2, 0) is 32.5 Å². The highest BCUT2D eigenvalue weighted by atomic mass is 79.9. The van der Waals surface area contributed by atoms with Crippen LogP contribution in [0.4, 0.5) is 4.39 Å². The molecule has 1 aromatic heterocycles. The fraction of sp³-hybridized carbons (Fsp3) is 0.423. The molecule has 0 radical (unpaired) electrons. The van der Waals surface area contributed by atoms with Crippen LogP contribution >= 0.6 is 15.9 Å². The molecule has 3 rings (SSSR count). The minimum absolute atomic E-state index is 0.0279. The molecule has 1 atom stereocenters. The van der Waals surface area contributed by atoms with Gasteiger partial charge in [0.15, 0.2) is 0 Å². The van der Waals surface area contributed by atoms with Crippen molar-refractivity contribution in [3.8, 4) is 0 Å². The third-order valence-electron chi connectivity index (χ3n) is 5.86. The molecule has 37 heavy (non-hydrogen) atoms. The van der Waals surface area contributed by atoms with Crippen LogP contribution < -0.4 is 0 Å². The van der Waals surface area contributed by atoms with Crippen LogP contribution in [0.1, 0.15) is 43.5 Å². The molecule has 2 aromatic carbocycles. The van der Waals surface area contributed by atoms with E-state index < -0.39 is 27.9 Å². The lowest BCUT2D eigenvalue weighted by Crippen LogP contribution is -2.47. The van der Waals surface area contributed by atoms with Gasteiger partial charge < -0.3 is 4.74 Å². The molecule has 11 heteroatoms. The van der Waals surface area contributed by atoms with Crippen molar-refractivity contribution in [2.45, 2.75) is 57.5 Å². The molecule has 200 valence electrons. The smallest absolute Gasteiger partial charge is 0.324 e. The molecular weight excluding hydrogens is 563 g/mol. The Bertz CT molecular complexity index is 1310. The molecule has 3 aromatic rings. The maximum atomic E-state index is 13.7. The third-order valence-corrected chi connectivity index (χ3v) is 8.74. The molecule has 0 aliphatic carbocycles. The summed E-state index contributed by atoms with van der Waals surface area (Å²) in [6.45, 7) is 6.46. The number of ether oxygens (including phenoxy) is 1. The summed E-state index contributed by atoms with van der Waals surface area (Å²) in [6.07, 6.45) is 2.96. The molecule has 0 saturated heterocycles. The van der Waals surface area contributed by atoms with Crippen LogP contribution in [0.3, 0.4) is 0 Å². The number of nitrogens with zero attached hydrogens (tertiary/aromatic N) is 4. The predicted octanol–water partition coefficient (Wildman–Crippen LogP) is 4.75. The van der Waals surface area contributed by atoms with Crippen molar-refractivity contribution >= 4 is 31.9 Å². The van der Waals surface area contributed by atoms with E-state index in [1.54, 1.807) is 4.68 Å². The second-order valence-corrected chi connectivity index (χ2v) is 12.1. The number of rotatable bonds is 12. The van der Waals surface area contributed by atoms with E-state index in [0.29, 0.717) is 25.1 Å².